The zero-order chi connectivity index (χ0) is 16.7. The van der Waals surface area contributed by atoms with Crippen molar-refractivity contribution in [3.63, 3.8) is 0 Å². The Bertz CT molecular complexity index is 760. The Hall–Kier alpha value is -1.91. The van der Waals surface area contributed by atoms with Gasteiger partial charge in [-0.2, -0.15) is 0 Å². The van der Waals surface area contributed by atoms with Crippen LogP contribution in [0, 0.1) is 5.92 Å². The van der Waals surface area contributed by atoms with Crippen LogP contribution in [0.4, 0.5) is 0 Å². The normalized spacial score (nSPS) is 30.2. The van der Waals surface area contributed by atoms with E-state index in [0.29, 0.717) is 12.0 Å². The molecule has 5 rings (SSSR count). The van der Waals surface area contributed by atoms with Crippen molar-refractivity contribution < 1.29 is 9.84 Å². The van der Waals surface area contributed by atoms with Crippen molar-refractivity contribution >= 4 is 10.9 Å². The van der Waals surface area contributed by atoms with Gasteiger partial charge in [0.2, 0.25) is 0 Å². The maximum absolute atomic E-state index is 11.2. The quantitative estimate of drug-likeness (QED) is 0.877. The molecule has 3 aliphatic heterocycles. The number of aromatic nitrogens is 1. The van der Waals surface area contributed by atoms with Gasteiger partial charge in [0, 0.05) is 23.7 Å². The maximum atomic E-state index is 11.2. The van der Waals surface area contributed by atoms with E-state index in [-0.39, 0.29) is 6.04 Å². The van der Waals surface area contributed by atoms with Gasteiger partial charge in [-0.05, 0) is 61.6 Å². The lowest BCUT2D eigenvalue weighted by Gasteiger charge is -2.51. The minimum atomic E-state index is -0.520. The molecule has 0 radical (unpaired) electrons. The Kier molecular flexibility index (Phi) is 4.02. The molecule has 126 valence electrons. The first-order valence-electron chi connectivity index (χ1n) is 8.70. The summed E-state index contributed by atoms with van der Waals surface area (Å²) in [6.45, 7) is 5.04. The Morgan fingerprint density at radius 2 is 2.25 bits per heavy atom. The Morgan fingerprint density at radius 1 is 1.38 bits per heavy atom. The van der Waals surface area contributed by atoms with Crippen molar-refractivity contribution in [2.24, 2.45) is 5.92 Å². The van der Waals surface area contributed by atoms with E-state index in [2.05, 4.69) is 16.5 Å². The third-order valence-corrected chi connectivity index (χ3v) is 5.73. The molecule has 1 aromatic heterocycles. The van der Waals surface area contributed by atoms with Gasteiger partial charge in [-0.1, -0.05) is 6.08 Å². The second kappa shape index (κ2) is 6.19. The molecule has 4 heteroatoms. The van der Waals surface area contributed by atoms with E-state index in [1.807, 2.05) is 30.3 Å². The number of hydrogen-bond acceptors (Lipinski definition) is 4. The van der Waals surface area contributed by atoms with Gasteiger partial charge in [-0.3, -0.25) is 9.88 Å². The number of fused-ring (bicyclic) bond motifs is 4. The second-order valence-electron chi connectivity index (χ2n) is 6.96. The summed E-state index contributed by atoms with van der Waals surface area (Å²) < 4.78 is 5.35. The van der Waals surface area contributed by atoms with Crippen LogP contribution >= 0.6 is 0 Å². The van der Waals surface area contributed by atoms with Gasteiger partial charge in [0.15, 0.2) is 0 Å². The Labute approximate surface area is 142 Å². The maximum Gasteiger partial charge on any atom is 0.119 e. The molecule has 1 unspecified atom stereocenters. The molecular weight excluding hydrogens is 300 g/mol. The summed E-state index contributed by atoms with van der Waals surface area (Å²) in [6, 6.07) is 8.31. The van der Waals surface area contributed by atoms with Crippen molar-refractivity contribution in [2.75, 3.05) is 13.7 Å². The van der Waals surface area contributed by atoms with Crippen LogP contribution < -0.4 is 4.74 Å². The molecule has 0 aliphatic carbocycles. The molecule has 0 saturated carbocycles. The summed E-state index contributed by atoms with van der Waals surface area (Å²) in [5.41, 5.74) is 1.84. The van der Waals surface area contributed by atoms with E-state index in [1.54, 1.807) is 13.3 Å². The number of piperidine rings is 3. The van der Waals surface area contributed by atoms with Crippen molar-refractivity contribution in [3.05, 3.63) is 48.7 Å². The number of pyridine rings is 1. The van der Waals surface area contributed by atoms with Gasteiger partial charge in [-0.25, -0.2) is 0 Å². The molecule has 0 amide bonds. The number of aliphatic hydroxyl groups excluding tert-OH is 1. The number of hydrogen-bond donors (Lipinski definition) is 1. The third kappa shape index (κ3) is 2.50. The highest BCUT2D eigenvalue weighted by Gasteiger charge is 2.42. The van der Waals surface area contributed by atoms with Gasteiger partial charge in [0.25, 0.3) is 0 Å². The van der Waals surface area contributed by atoms with E-state index >= 15 is 0 Å². The molecule has 24 heavy (non-hydrogen) atoms. The number of benzene rings is 1. The van der Waals surface area contributed by atoms with Crippen LogP contribution in [-0.2, 0) is 0 Å². The highest BCUT2D eigenvalue weighted by atomic mass is 16.5. The van der Waals surface area contributed by atoms with Crippen LogP contribution in [0.5, 0.6) is 5.75 Å². The van der Waals surface area contributed by atoms with Crippen molar-refractivity contribution in [1.82, 2.24) is 9.88 Å². The molecule has 2 aromatic rings. The zero-order valence-corrected chi connectivity index (χ0v) is 14.1. The molecule has 4 nitrogen and oxygen atoms in total. The van der Waals surface area contributed by atoms with E-state index in [1.165, 1.54) is 12.8 Å². The van der Waals surface area contributed by atoms with E-state index in [0.717, 1.165) is 35.2 Å². The summed E-state index contributed by atoms with van der Waals surface area (Å²) in [4.78, 5) is 6.86. The van der Waals surface area contributed by atoms with Crippen LogP contribution in [0.25, 0.3) is 10.9 Å². The molecule has 0 spiro atoms. The summed E-state index contributed by atoms with van der Waals surface area (Å²) in [5.74, 6) is 1.48. The molecule has 2 bridgehead atoms. The van der Waals surface area contributed by atoms with E-state index in [9.17, 15) is 5.11 Å². The predicted molar refractivity (Wildman–Crippen MR) is 95.1 cm³/mol. The van der Waals surface area contributed by atoms with Crippen molar-refractivity contribution in [1.29, 1.82) is 0 Å². The van der Waals surface area contributed by atoms with Crippen LogP contribution in [0.1, 0.15) is 30.9 Å². The molecule has 3 aliphatic rings. The number of rotatable bonds is 4. The Balaban J connectivity index is 1.73. The fraction of sp³-hybridized carbons (Fsp3) is 0.450. The first kappa shape index (κ1) is 15.6. The lowest BCUT2D eigenvalue weighted by molar-refractivity contribution is -0.0473. The monoisotopic (exact) mass is 324 g/mol. The standard InChI is InChI=1S/C20H24N2O2/c1-3-14-10-13-7-9-22(14)19(11-13)20(23)16-6-8-21-18-5-4-15(24-2)12-17(16)18/h3-6,8,12-14,19-20,23H,1,7,9-11H2,2H3/t13-,14+,19+,20+/m0/s1. The van der Waals surface area contributed by atoms with Crippen LogP contribution in [-0.4, -0.2) is 40.7 Å². The van der Waals surface area contributed by atoms with Gasteiger partial charge in [0.05, 0.1) is 18.7 Å². The van der Waals surface area contributed by atoms with Crippen LogP contribution in [0.2, 0.25) is 0 Å². The van der Waals surface area contributed by atoms with Gasteiger partial charge < -0.3 is 9.84 Å². The number of ether oxygens (including phenoxy) is 1. The lowest BCUT2D eigenvalue weighted by Crippen LogP contribution is -2.55. The molecule has 5 atom stereocenters. The molecule has 1 N–H and O–H groups in total. The van der Waals surface area contributed by atoms with Crippen LogP contribution in [0.15, 0.2) is 43.1 Å². The molecule has 4 heterocycles. The van der Waals surface area contributed by atoms with Gasteiger partial charge >= 0.3 is 0 Å². The Morgan fingerprint density at radius 3 is 3.00 bits per heavy atom. The highest BCUT2D eigenvalue weighted by molar-refractivity contribution is 5.83. The summed E-state index contributed by atoms with van der Waals surface area (Å²) in [7, 11) is 1.66. The fourth-order valence-electron chi connectivity index (χ4n) is 4.48. The van der Waals surface area contributed by atoms with Gasteiger partial charge in [0.1, 0.15) is 5.75 Å². The van der Waals surface area contributed by atoms with Crippen molar-refractivity contribution in [2.45, 2.75) is 37.5 Å². The highest BCUT2D eigenvalue weighted by Crippen LogP contribution is 2.42. The first-order valence-corrected chi connectivity index (χ1v) is 8.70. The van der Waals surface area contributed by atoms with Gasteiger partial charge in [-0.15, -0.1) is 6.58 Å². The predicted octanol–water partition coefficient (Wildman–Crippen LogP) is 3.32. The average molecular weight is 324 g/mol. The molecule has 3 saturated heterocycles. The largest absolute Gasteiger partial charge is 0.497 e. The number of nitrogens with zero attached hydrogens (tertiary/aromatic N) is 2. The van der Waals surface area contributed by atoms with Crippen molar-refractivity contribution in [3.8, 4) is 5.75 Å². The fourth-order valence-corrected chi connectivity index (χ4v) is 4.48. The van der Waals surface area contributed by atoms with E-state index in [4.69, 9.17) is 4.74 Å². The minimum Gasteiger partial charge on any atom is -0.497 e. The number of methoxy groups -OCH3 is 1. The summed E-state index contributed by atoms with van der Waals surface area (Å²) >= 11 is 0. The zero-order valence-electron chi connectivity index (χ0n) is 14.1. The topological polar surface area (TPSA) is 45.6 Å². The molecular formula is C20H24N2O2. The number of aliphatic hydroxyl groups is 1. The molecule has 1 aromatic carbocycles. The minimum absolute atomic E-state index is 0.150. The lowest BCUT2D eigenvalue weighted by atomic mass is 9.76. The second-order valence-corrected chi connectivity index (χ2v) is 6.96. The smallest absolute Gasteiger partial charge is 0.119 e. The average Bonchev–Trinajstić information content (AvgIpc) is 2.66. The summed E-state index contributed by atoms with van der Waals surface area (Å²) in [6.07, 6.45) is 6.77. The first-order chi connectivity index (χ1) is 11.7. The summed E-state index contributed by atoms with van der Waals surface area (Å²) in [5, 5.41) is 12.2. The van der Waals surface area contributed by atoms with Crippen LogP contribution in [0.3, 0.4) is 0 Å². The molecule has 3 fully saturated rings. The third-order valence-electron chi connectivity index (χ3n) is 5.73. The van der Waals surface area contributed by atoms with E-state index < -0.39 is 6.10 Å². The SMILES string of the molecule is C=C[C@@H]1C[C@@H]2CCN1[C@@H]([C@H](O)c1ccnc3ccc(OC)cc13)C2.